The highest BCUT2D eigenvalue weighted by Gasteiger charge is 2.20. The fourth-order valence-corrected chi connectivity index (χ4v) is 5.05. The number of aliphatic hydroxyl groups excluding tert-OH is 1. The van der Waals surface area contributed by atoms with Gasteiger partial charge in [0.15, 0.2) is 0 Å². The van der Waals surface area contributed by atoms with E-state index in [1.807, 2.05) is 18.2 Å². The molecule has 0 heterocycles. The number of aliphatic hydroxyl groups is 1. The molecule has 0 amide bonds. The SMILES string of the molecule is O=C(O)c1cccc(Sc2ccc3c(c2)C[C@@H](NC[C@@H](O)c2cccc(Cl)c2)CC3)c1. The summed E-state index contributed by atoms with van der Waals surface area (Å²) in [6.07, 6.45) is 2.34. The summed E-state index contributed by atoms with van der Waals surface area (Å²) < 4.78 is 0. The molecular weight excluding hydrogens is 430 g/mol. The summed E-state index contributed by atoms with van der Waals surface area (Å²) in [6, 6.07) is 21.1. The Hall–Kier alpha value is -2.31. The molecule has 0 saturated carbocycles. The third-order valence-electron chi connectivity index (χ3n) is 5.56. The summed E-state index contributed by atoms with van der Waals surface area (Å²) in [7, 11) is 0. The Morgan fingerprint density at radius 3 is 2.68 bits per heavy atom. The van der Waals surface area contributed by atoms with E-state index in [2.05, 4.69) is 23.5 Å². The second-order valence-electron chi connectivity index (χ2n) is 7.78. The zero-order chi connectivity index (χ0) is 21.8. The number of aromatic carboxylic acids is 1. The van der Waals surface area contributed by atoms with Crippen molar-refractivity contribution in [2.75, 3.05) is 6.54 Å². The third kappa shape index (κ3) is 5.69. The molecule has 0 bridgehead atoms. The first-order valence-corrected chi connectivity index (χ1v) is 11.5. The smallest absolute Gasteiger partial charge is 0.335 e. The Labute approximate surface area is 191 Å². The number of rotatable bonds is 7. The predicted octanol–water partition coefficient (Wildman–Crippen LogP) is 5.37. The molecule has 1 aliphatic carbocycles. The van der Waals surface area contributed by atoms with Crippen molar-refractivity contribution >= 4 is 29.3 Å². The van der Waals surface area contributed by atoms with E-state index in [0.717, 1.165) is 34.6 Å². The Morgan fingerprint density at radius 2 is 1.87 bits per heavy atom. The van der Waals surface area contributed by atoms with Gasteiger partial charge in [-0.15, -0.1) is 0 Å². The van der Waals surface area contributed by atoms with Crippen molar-refractivity contribution in [2.45, 2.75) is 41.2 Å². The maximum atomic E-state index is 11.2. The molecule has 4 nitrogen and oxygen atoms in total. The van der Waals surface area contributed by atoms with Crippen LogP contribution < -0.4 is 5.32 Å². The lowest BCUT2D eigenvalue weighted by molar-refractivity contribution is 0.0696. The van der Waals surface area contributed by atoms with Crippen LogP contribution in [0.15, 0.2) is 76.5 Å². The van der Waals surface area contributed by atoms with Crippen molar-refractivity contribution in [3.05, 3.63) is 94.0 Å². The lowest BCUT2D eigenvalue weighted by Crippen LogP contribution is -2.37. The molecule has 0 saturated heterocycles. The number of halogens is 1. The van der Waals surface area contributed by atoms with Gasteiger partial charge in [0.25, 0.3) is 0 Å². The van der Waals surface area contributed by atoms with Crippen LogP contribution in [0.5, 0.6) is 0 Å². The van der Waals surface area contributed by atoms with Gasteiger partial charge in [0.05, 0.1) is 11.7 Å². The fourth-order valence-electron chi connectivity index (χ4n) is 3.91. The van der Waals surface area contributed by atoms with Crippen LogP contribution in [0, 0.1) is 0 Å². The Kier molecular flexibility index (Phi) is 6.98. The van der Waals surface area contributed by atoms with E-state index in [1.54, 1.807) is 42.1 Å². The van der Waals surface area contributed by atoms with Crippen LogP contribution in [0.25, 0.3) is 0 Å². The minimum atomic E-state index is -0.915. The highest BCUT2D eigenvalue weighted by molar-refractivity contribution is 7.99. The maximum absolute atomic E-state index is 11.2. The second-order valence-corrected chi connectivity index (χ2v) is 9.37. The van der Waals surface area contributed by atoms with E-state index in [4.69, 9.17) is 11.6 Å². The van der Waals surface area contributed by atoms with Crippen molar-refractivity contribution in [3.8, 4) is 0 Å². The van der Waals surface area contributed by atoms with E-state index in [1.165, 1.54) is 11.1 Å². The average molecular weight is 454 g/mol. The predicted molar refractivity (Wildman–Crippen MR) is 124 cm³/mol. The van der Waals surface area contributed by atoms with Gasteiger partial charge < -0.3 is 15.5 Å². The Bertz CT molecular complexity index is 1090. The van der Waals surface area contributed by atoms with E-state index >= 15 is 0 Å². The first-order valence-electron chi connectivity index (χ1n) is 10.3. The van der Waals surface area contributed by atoms with Crippen LogP contribution in [0.2, 0.25) is 5.02 Å². The van der Waals surface area contributed by atoms with Crippen molar-refractivity contribution < 1.29 is 15.0 Å². The molecule has 0 fully saturated rings. The van der Waals surface area contributed by atoms with Crippen molar-refractivity contribution in [1.29, 1.82) is 0 Å². The van der Waals surface area contributed by atoms with Crippen LogP contribution >= 0.6 is 23.4 Å². The Morgan fingerprint density at radius 1 is 1.06 bits per heavy atom. The molecule has 0 spiro atoms. The minimum absolute atomic E-state index is 0.297. The number of aryl methyl sites for hydroxylation is 1. The van der Waals surface area contributed by atoms with Gasteiger partial charge in [-0.3, -0.25) is 0 Å². The Balaban J connectivity index is 1.39. The quantitative estimate of drug-likeness (QED) is 0.448. The van der Waals surface area contributed by atoms with Crippen LogP contribution in [0.4, 0.5) is 0 Å². The van der Waals surface area contributed by atoms with E-state index in [0.29, 0.717) is 23.2 Å². The van der Waals surface area contributed by atoms with Crippen LogP contribution in [0.3, 0.4) is 0 Å². The molecule has 6 heteroatoms. The number of nitrogens with one attached hydrogen (secondary N) is 1. The molecule has 0 aromatic heterocycles. The van der Waals surface area contributed by atoms with Crippen LogP contribution in [0.1, 0.15) is 39.6 Å². The maximum Gasteiger partial charge on any atom is 0.335 e. The zero-order valence-electron chi connectivity index (χ0n) is 16.9. The number of carbonyl (C=O) groups is 1. The highest BCUT2D eigenvalue weighted by atomic mass is 35.5. The topological polar surface area (TPSA) is 69.6 Å². The molecule has 2 atom stereocenters. The number of carboxylic acids is 1. The largest absolute Gasteiger partial charge is 0.478 e. The lowest BCUT2D eigenvalue weighted by atomic mass is 9.88. The molecule has 0 radical (unpaired) electrons. The minimum Gasteiger partial charge on any atom is -0.478 e. The molecule has 1 aliphatic rings. The van der Waals surface area contributed by atoms with Gasteiger partial charge in [0, 0.05) is 27.4 Å². The van der Waals surface area contributed by atoms with E-state index in [-0.39, 0.29) is 0 Å². The lowest BCUT2D eigenvalue weighted by Gasteiger charge is -2.27. The van der Waals surface area contributed by atoms with Crippen molar-refractivity contribution in [1.82, 2.24) is 5.32 Å². The van der Waals surface area contributed by atoms with Crippen molar-refractivity contribution in [3.63, 3.8) is 0 Å². The summed E-state index contributed by atoms with van der Waals surface area (Å²) in [5.41, 5.74) is 3.78. The molecule has 3 aromatic rings. The number of hydrogen-bond acceptors (Lipinski definition) is 4. The van der Waals surface area contributed by atoms with Crippen LogP contribution in [-0.4, -0.2) is 28.8 Å². The molecule has 0 unspecified atom stereocenters. The van der Waals surface area contributed by atoms with Crippen molar-refractivity contribution in [2.24, 2.45) is 0 Å². The van der Waals surface area contributed by atoms with Gasteiger partial charge in [-0.2, -0.15) is 0 Å². The number of carboxylic acid groups (broad SMARTS) is 1. The number of hydrogen-bond donors (Lipinski definition) is 3. The molecule has 3 N–H and O–H groups in total. The van der Waals surface area contributed by atoms with Gasteiger partial charge in [0.2, 0.25) is 0 Å². The van der Waals surface area contributed by atoms with Gasteiger partial charge >= 0.3 is 5.97 Å². The first-order chi connectivity index (χ1) is 15.0. The van der Waals surface area contributed by atoms with Crippen LogP contribution in [-0.2, 0) is 12.8 Å². The van der Waals surface area contributed by atoms with Gasteiger partial charge in [-0.25, -0.2) is 4.79 Å². The van der Waals surface area contributed by atoms with E-state index < -0.39 is 12.1 Å². The highest BCUT2D eigenvalue weighted by Crippen LogP contribution is 2.32. The summed E-state index contributed by atoms with van der Waals surface area (Å²) >= 11 is 7.60. The molecule has 160 valence electrons. The van der Waals surface area contributed by atoms with Gasteiger partial charge in [-0.05, 0) is 78.4 Å². The average Bonchev–Trinajstić information content (AvgIpc) is 2.77. The fraction of sp³-hybridized carbons (Fsp3) is 0.240. The summed E-state index contributed by atoms with van der Waals surface area (Å²) in [5.74, 6) is -0.915. The first kappa shape index (κ1) is 21.9. The zero-order valence-corrected chi connectivity index (χ0v) is 18.5. The number of fused-ring (bicyclic) bond motifs is 1. The van der Waals surface area contributed by atoms with E-state index in [9.17, 15) is 15.0 Å². The normalized spacial score (nSPS) is 16.5. The summed E-state index contributed by atoms with van der Waals surface area (Å²) in [5, 5.41) is 23.8. The molecular formula is C25H24ClNO3S. The molecule has 4 rings (SSSR count). The number of benzene rings is 3. The monoisotopic (exact) mass is 453 g/mol. The summed E-state index contributed by atoms with van der Waals surface area (Å²) in [6.45, 7) is 0.483. The summed E-state index contributed by atoms with van der Waals surface area (Å²) in [4.78, 5) is 13.2. The molecule has 3 aromatic carbocycles. The third-order valence-corrected chi connectivity index (χ3v) is 6.77. The standard InChI is InChI=1S/C25H24ClNO3S/c26-20-5-1-3-17(11-20)24(28)15-27-21-9-7-16-8-10-23(14-19(16)12-21)31-22-6-2-4-18(13-22)25(29)30/h1-6,8,10-11,13-14,21,24,27-28H,7,9,12,15H2,(H,29,30)/t21-,24+/m0/s1. The second kappa shape index (κ2) is 9.88. The molecule has 31 heavy (non-hydrogen) atoms. The molecule has 0 aliphatic heterocycles. The van der Waals surface area contributed by atoms with Gasteiger partial charge in [-0.1, -0.05) is 47.6 Å². The van der Waals surface area contributed by atoms with Gasteiger partial charge in [0.1, 0.15) is 0 Å².